The topological polar surface area (TPSA) is 0 Å². The normalized spacial score (nSPS) is 53.5. The number of fused-ring (bicyclic) bond motifs is 2. The van der Waals surface area contributed by atoms with Crippen molar-refractivity contribution in [1.29, 1.82) is 0 Å². The largest absolute Gasteiger partial charge is 0.175 e. The van der Waals surface area contributed by atoms with Gasteiger partial charge >= 0.3 is 0 Å². The SMILES string of the molecule is CC1(C)[C@H]2CC[C@@]1(C)C(S)C2. The van der Waals surface area contributed by atoms with Gasteiger partial charge in [-0.05, 0) is 36.0 Å². The van der Waals surface area contributed by atoms with Gasteiger partial charge in [-0.1, -0.05) is 20.8 Å². The Hall–Kier alpha value is 0.350. The predicted octanol–water partition coefficient (Wildman–Crippen LogP) is 3.13. The molecule has 2 rings (SSSR count). The van der Waals surface area contributed by atoms with Gasteiger partial charge in [0, 0.05) is 5.25 Å². The molecule has 2 saturated carbocycles. The first-order valence-corrected chi connectivity index (χ1v) is 5.18. The van der Waals surface area contributed by atoms with Crippen LogP contribution >= 0.6 is 12.6 Å². The summed E-state index contributed by atoms with van der Waals surface area (Å²) < 4.78 is 0. The average molecular weight is 170 g/mol. The van der Waals surface area contributed by atoms with Gasteiger partial charge < -0.3 is 0 Å². The van der Waals surface area contributed by atoms with Crippen molar-refractivity contribution in [3.8, 4) is 0 Å². The molecular formula is C10H18S. The van der Waals surface area contributed by atoms with Crippen LogP contribution in [0.5, 0.6) is 0 Å². The molecule has 0 nitrogen and oxygen atoms in total. The maximum absolute atomic E-state index is 4.70. The maximum atomic E-state index is 4.70. The Bertz CT molecular complexity index is 185. The Labute approximate surface area is 75.2 Å². The van der Waals surface area contributed by atoms with Crippen LogP contribution in [0.4, 0.5) is 0 Å². The standard InChI is InChI=1S/C10H18S/c1-9(2)7-4-5-10(9,3)8(11)6-7/h7-8,11H,4-6H2,1-3H3/t7-,8?,10-/m0/s1. The fourth-order valence-corrected chi connectivity index (χ4v) is 3.88. The molecule has 64 valence electrons. The van der Waals surface area contributed by atoms with Gasteiger partial charge in [-0.3, -0.25) is 0 Å². The van der Waals surface area contributed by atoms with Crippen LogP contribution in [0.3, 0.4) is 0 Å². The Morgan fingerprint density at radius 1 is 1.27 bits per heavy atom. The van der Waals surface area contributed by atoms with Crippen LogP contribution in [-0.4, -0.2) is 5.25 Å². The lowest BCUT2D eigenvalue weighted by molar-refractivity contribution is 0.157. The van der Waals surface area contributed by atoms with Crippen molar-refractivity contribution in [3.63, 3.8) is 0 Å². The fraction of sp³-hybridized carbons (Fsp3) is 1.00. The number of thiol groups is 1. The van der Waals surface area contributed by atoms with Crippen LogP contribution < -0.4 is 0 Å². The minimum atomic E-state index is 0.529. The molecule has 1 heteroatoms. The molecule has 2 aliphatic carbocycles. The Balaban J connectivity index is 2.40. The predicted molar refractivity (Wildman–Crippen MR) is 52.0 cm³/mol. The Morgan fingerprint density at radius 2 is 1.91 bits per heavy atom. The zero-order chi connectivity index (χ0) is 8.28. The van der Waals surface area contributed by atoms with Crippen LogP contribution in [0.25, 0.3) is 0 Å². The summed E-state index contributed by atoms with van der Waals surface area (Å²) in [6.07, 6.45) is 4.20. The highest BCUT2D eigenvalue weighted by molar-refractivity contribution is 7.81. The number of rotatable bonds is 0. The van der Waals surface area contributed by atoms with Crippen LogP contribution in [0, 0.1) is 16.7 Å². The van der Waals surface area contributed by atoms with Gasteiger partial charge in [0.25, 0.3) is 0 Å². The van der Waals surface area contributed by atoms with Gasteiger partial charge in [0.05, 0.1) is 0 Å². The molecule has 0 aromatic carbocycles. The third-order valence-electron chi connectivity index (χ3n) is 4.75. The summed E-state index contributed by atoms with van der Waals surface area (Å²) in [4.78, 5) is 0. The highest BCUT2D eigenvalue weighted by Gasteiger charge is 2.60. The Morgan fingerprint density at radius 3 is 2.09 bits per heavy atom. The molecule has 0 heterocycles. The maximum Gasteiger partial charge on any atom is 0.00786 e. The quantitative estimate of drug-likeness (QED) is 0.531. The van der Waals surface area contributed by atoms with E-state index in [-0.39, 0.29) is 0 Å². The molecule has 2 bridgehead atoms. The van der Waals surface area contributed by atoms with E-state index in [0.29, 0.717) is 16.1 Å². The van der Waals surface area contributed by atoms with Gasteiger partial charge in [-0.2, -0.15) is 12.6 Å². The van der Waals surface area contributed by atoms with Crippen LogP contribution in [0.1, 0.15) is 40.0 Å². The van der Waals surface area contributed by atoms with Crippen molar-refractivity contribution >= 4 is 12.6 Å². The lowest BCUT2D eigenvalue weighted by Crippen LogP contribution is -2.32. The van der Waals surface area contributed by atoms with Crippen molar-refractivity contribution < 1.29 is 0 Å². The van der Waals surface area contributed by atoms with E-state index in [2.05, 4.69) is 20.8 Å². The fourth-order valence-electron chi connectivity index (χ4n) is 3.16. The summed E-state index contributed by atoms with van der Waals surface area (Å²) in [5.74, 6) is 0.954. The molecular weight excluding hydrogens is 152 g/mol. The summed E-state index contributed by atoms with van der Waals surface area (Å²) in [5.41, 5.74) is 1.08. The zero-order valence-electron chi connectivity index (χ0n) is 7.72. The molecule has 3 atom stereocenters. The molecule has 0 N–H and O–H groups in total. The summed E-state index contributed by atoms with van der Waals surface area (Å²) in [5, 5.41) is 0.663. The summed E-state index contributed by atoms with van der Waals surface area (Å²) in [6, 6.07) is 0. The summed E-state index contributed by atoms with van der Waals surface area (Å²) in [7, 11) is 0. The monoisotopic (exact) mass is 170 g/mol. The van der Waals surface area contributed by atoms with E-state index in [1.165, 1.54) is 19.3 Å². The van der Waals surface area contributed by atoms with E-state index >= 15 is 0 Å². The van der Waals surface area contributed by atoms with E-state index in [1.807, 2.05) is 0 Å². The third-order valence-corrected chi connectivity index (χ3v) is 5.53. The van der Waals surface area contributed by atoms with Crippen molar-refractivity contribution in [2.75, 3.05) is 0 Å². The second-order valence-corrected chi connectivity index (χ2v) is 5.75. The molecule has 0 aromatic rings. The second kappa shape index (κ2) is 1.99. The average Bonchev–Trinajstić information content (AvgIpc) is 2.20. The summed E-state index contributed by atoms with van der Waals surface area (Å²) >= 11 is 4.70. The van der Waals surface area contributed by atoms with Crippen molar-refractivity contribution in [1.82, 2.24) is 0 Å². The van der Waals surface area contributed by atoms with E-state index in [9.17, 15) is 0 Å². The van der Waals surface area contributed by atoms with Crippen molar-refractivity contribution in [2.24, 2.45) is 16.7 Å². The molecule has 11 heavy (non-hydrogen) atoms. The molecule has 0 radical (unpaired) electrons. The first kappa shape index (κ1) is 7.97. The van der Waals surface area contributed by atoms with Gasteiger partial charge in [0.2, 0.25) is 0 Å². The molecule has 2 aliphatic rings. The molecule has 2 fully saturated rings. The molecule has 0 spiro atoms. The van der Waals surface area contributed by atoms with E-state index < -0.39 is 0 Å². The zero-order valence-corrected chi connectivity index (χ0v) is 8.62. The van der Waals surface area contributed by atoms with Crippen LogP contribution in [0.2, 0.25) is 0 Å². The minimum Gasteiger partial charge on any atom is -0.175 e. The second-order valence-electron chi connectivity index (χ2n) is 5.13. The van der Waals surface area contributed by atoms with Crippen LogP contribution in [-0.2, 0) is 0 Å². The first-order valence-electron chi connectivity index (χ1n) is 4.66. The van der Waals surface area contributed by atoms with E-state index in [4.69, 9.17) is 12.6 Å². The molecule has 1 unspecified atom stereocenters. The lowest BCUT2D eigenvalue weighted by atomic mass is 9.71. The van der Waals surface area contributed by atoms with E-state index in [0.717, 1.165) is 5.92 Å². The highest BCUT2D eigenvalue weighted by atomic mass is 32.1. The van der Waals surface area contributed by atoms with Crippen molar-refractivity contribution in [3.05, 3.63) is 0 Å². The van der Waals surface area contributed by atoms with Crippen molar-refractivity contribution in [2.45, 2.75) is 45.3 Å². The van der Waals surface area contributed by atoms with Gasteiger partial charge in [-0.15, -0.1) is 0 Å². The van der Waals surface area contributed by atoms with E-state index in [1.54, 1.807) is 0 Å². The summed E-state index contributed by atoms with van der Waals surface area (Å²) in [6.45, 7) is 7.29. The smallest absolute Gasteiger partial charge is 0.00786 e. The van der Waals surface area contributed by atoms with Gasteiger partial charge in [0.15, 0.2) is 0 Å². The molecule has 0 aromatic heterocycles. The molecule has 0 amide bonds. The minimum absolute atomic E-state index is 0.529. The van der Waals surface area contributed by atoms with Gasteiger partial charge in [0.1, 0.15) is 0 Å². The first-order chi connectivity index (χ1) is 4.98. The third kappa shape index (κ3) is 0.734. The van der Waals surface area contributed by atoms with Gasteiger partial charge in [-0.25, -0.2) is 0 Å². The molecule has 0 aliphatic heterocycles. The Kier molecular flexibility index (Phi) is 1.44. The molecule has 0 saturated heterocycles. The number of hydrogen-bond donors (Lipinski definition) is 1. The van der Waals surface area contributed by atoms with Crippen LogP contribution in [0.15, 0.2) is 0 Å². The number of hydrogen-bond acceptors (Lipinski definition) is 1. The highest BCUT2D eigenvalue weighted by Crippen LogP contribution is 2.66. The lowest BCUT2D eigenvalue weighted by Gasteiger charge is -2.37.